The van der Waals surface area contributed by atoms with Gasteiger partial charge in [-0.25, -0.2) is 0 Å². The first kappa shape index (κ1) is 18.0. The number of carbonyl (C=O) groups is 2. The van der Waals surface area contributed by atoms with Gasteiger partial charge in [-0.1, -0.05) is 13.8 Å². The van der Waals surface area contributed by atoms with Crippen molar-refractivity contribution in [3.05, 3.63) is 21.5 Å². The molecule has 0 aliphatic heterocycles. The van der Waals surface area contributed by atoms with Crippen molar-refractivity contribution >= 4 is 11.8 Å². The number of carboxylic acids is 1. The van der Waals surface area contributed by atoms with Crippen LogP contribution in [0.1, 0.15) is 39.5 Å². The minimum atomic E-state index is -0.912. The fourth-order valence-corrected chi connectivity index (χ4v) is 2.15. The van der Waals surface area contributed by atoms with Gasteiger partial charge in [-0.3, -0.25) is 19.7 Å². The van der Waals surface area contributed by atoms with Crippen LogP contribution in [0.15, 0.2) is 11.4 Å². The van der Waals surface area contributed by atoms with Crippen LogP contribution in [0, 0.1) is 15.5 Å². The molecule has 0 fully saturated rings. The molecule has 0 heterocycles. The number of Topliss-reactive ketones (excluding diaryl/α,β-unsaturated/α-hetero) is 1. The monoisotopic (exact) mass is 288 g/mol. The predicted octanol–water partition coefficient (Wildman–Crippen LogP) is 0.493. The van der Waals surface area contributed by atoms with Crippen molar-refractivity contribution < 1.29 is 25.1 Å². The summed E-state index contributed by atoms with van der Waals surface area (Å²) in [5, 5.41) is 22.3. The van der Waals surface area contributed by atoms with Crippen LogP contribution < -0.4 is 5.32 Å². The van der Waals surface area contributed by atoms with Crippen molar-refractivity contribution in [3.8, 4) is 0 Å². The van der Waals surface area contributed by atoms with Crippen molar-refractivity contribution in [2.24, 2.45) is 5.41 Å². The summed E-state index contributed by atoms with van der Waals surface area (Å²) in [5.41, 5.74) is -0.377. The molecule has 0 aromatic heterocycles. The number of allylic oxidation sites excluding steroid dienone is 2. The van der Waals surface area contributed by atoms with Crippen LogP contribution in [0.5, 0.6) is 0 Å². The van der Waals surface area contributed by atoms with E-state index in [0.29, 0.717) is 25.1 Å². The van der Waals surface area contributed by atoms with Crippen LogP contribution in [0.3, 0.4) is 0 Å². The second-order valence-corrected chi connectivity index (χ2v) is 5.45. The lowest BCUT2D eigenvalue weighted by molar-refractivity contribution is -0.421. The summed E-state index contributed by atoms with van der Waals surface area (Å²) in [5.74, 6) is -1.38. The standard InChI is InChI=1S/C12H18N2O5.H2O/c1-12(2)6-8(13-5-3-4-10(16)17)11(14(18)19)9(15)7-12;/h13H,3-7H2,1-2H3,(H,16,17);1H2. The molecule has 0 aromatic rings. The van der Waals surface area contributed by atoms with Gasteiger partial charge in [0, 0.05) is 19.4 Å². The molecule has 8 nitrogen and oxygen atoms in total. The quantitative estimate of drug-likeness (QED) is 0.414. The lowest BCUT2D eigenvalue weighted by Crippen LogP contribution is -2.34. The second kappa shape index (κ2) is 6.99. The number of hydrogen-bond acceptors (Lipinski definition) is 5. The zero-order chi connectivity index (χ0) is 14.6. The number of hydrogen-bond donors (Lipinski definition) is 2. The Morgan fingerprint density at radius 1 is 1.45 bits per heavy atom. The largest absolute Gasteiger partial charge is 0.481 e. The SMILES string of the molecule is CC1(C)CC(=O)C([N+](=O)[O-])=C(NCCCC(=O)O)C1.O. The third-order valence-corrected chi connectivity index (χ3v) is 2.93. The number of nitro groups is 1. The maximum atomic E-state index is 11.8. The Kier molecular flexibility index (Phi) is 6.31. The lowest BCUT2D eigenvalue weighted by Gasteiger charge is -2.29. The number of carboxylic acid groups (broad SMARTS) is 1. The predicted molar refractivity (Wildman–Crippen MR) is 70.5 cm³/mol. The molecule has 8 heteroatoms. The molecule has 0 bridgehead atoms. The second-order valence-electron chi connectivity index (χ2n) is 5.45. The zero-order valence-corrected chi connectivity index (χ0v) is 11.6. The summed E-state index contributed by atoms with van der Waals surface area (Å²) in [6.45, 7) is 4.06. The van der Waals surface area contributed by atoms with Gasteiger partial charge in [0.25, 0.3) is 0 Å². The first-order chi connectivity index (χ1) is 8.73. The summed E-state index contributed by atoms with van der Waals surface area (Å²) >= 11 is 0. The van der Waals surface area contributed by atoms with Crippen LogP contribution in [-0.2, 0) is 9.59 Å². The van der Waals surface area contributed by atoms with Crippen molar-refractivity contribution in [2.45, 2.75) is 39.5 Å². The minimum absolute atomic E-state index is 0. The summed E-state index contributed by atoms with van der Waals surface area (Å²) in [7, 11) is 0. The van der Waals surface area contributed by atoms with Crippen molar-refractivity contribution in [1.29, 1.82) is 0 Å². The molecule has 0 saturated carbocycles. The fraction of sp³-hybridized carbons (Fsp3) is 0.667. The molecule has 0 atom stereocenters. The van der Waals surface area contributed by atoms with Gasteiger partial charge in [0.15, 0.2) is 0 Å². The van der Waals surface area contributed by atoms with E-state index in [2.05, 4.69) is 5.32 Å². The normalized spacial score (nSPS) is 17.4. The van der Waals surface area contributed by atoms with E-state index in [4.69, 9.17) is 5.11 Å². The molecule has 20 heavy (non-hydrogen) atoms. The highest BCUT2D eigenvalue weighted by atomic mass is 16.6. The van der Waals surface area contributed by atoms with E-state index in [9.17, 15) is 19.7 Å². The summed E-state index contributed by atoms with van der Waals surface area (Å²) < 4.78 is 0. The molecule has 1 aliphatic carbocycles. The Bertz CT molecular complexity index is 441. The summed E-state index contributed by atoms with van der Waals surface area (Å²) in [6, 6.07) is 0. The molecular weight excluding hydrogens is 268 g/mol. The van der Waals surface area contributed by atoms with E-state index in [1.807, 2.05) is 13.8 Å². The maximum Gasteiger partial charge on any atom is 0.330 e. The van der Waals surface area contributed by atoms with E-state index in [1.165, 1.54) is 0 Å². The minimum Gasteiger partial charge on any atom is -0.481 e. The van der Waals surface area contributed by atoms with Gasteiger partial charge in [0.1, 0.15) is 0 Å². The van der Waals surface area contributed by atoms with E-state index < -0.39 is 16.7 Å². The average molecular weight is 288 g/mol. The van der Waals surface area contributed by atoms with Gasteiger partial charge in [-0.2, -0.15) is 0 Å². The average Bonchev–Trinajstić information content (AvgIpc) is 2.20. The smallest absolute Gasteiger partial charge is 0.330 e. The molecule has 114 valence electrons. The molecule has 0 amide bonds. The first-order valence-corrected chi connectivity index (χ1v) is 6.09. The number of carbonyl (C=O) groups excluding carboxylic acids is 1. The highest BCUT2D eigenvalue weighted by Crippen LogP contribution is 2.35. The molecule has 0 unspecified atom stereocenters. The molecule has 0 aromatic carbocycles. The molecule has 1 aliphatic rings. The Hall–Kier alpha value is -1.96. The van der Waals surface area contributed by atoms with E-state index in [-0.39, 0.29) is 29.4 Å². The van der Waals surface area contributed by atoms with Gasteiger partial charge in [0.05, 0.1) is 10.6 Å². The van der Waals surface area contributed by atoms with Crippen LogP contribution in [0.25, 0.3) is 0 Å². The van der Waals surface area contributed by atoms with Crippen LogP contribution in [0.4, 0.5) is 0 Å². The Morgan fingerprint density at radius 2 is 2.05 bits per heavy atom. The Labute approximate surface area is 116 Å². The van der Waals surface area contributed by atoms with Crippen LogP contribution in [0.2, 0.25) is 0 Å². The summed E-state index contributed by atoms with van der Waals surface area (Å²) in [6.07, 6.45) is 0.926. The topological polar surface area (TPSA) is 141 Å². The van der Waals surface area contributed by atoms with E-state index in [1.54, 1.807) is 0 Å². The van der Waals surface area contributed by atoms with Crippen molar-refractivity contribution in [2.75, 3.05) is 6.54 Å². The van der Waals surface area contributed by atoms with Gasteiger partial charge >= 0.3 is 11.7 Å². The van der Waals surface area contributed by atoms with Gasteiger partial charge in [0.2, 0.25) is 5.78 Å². The van der Waals surface area contributed by atoms with Crippen LogP contribution in [-0.4, -0.2) is 33.8 Å². The molecular formula is C12H20N2O6. The third kappa shape index (κ3) is 4.96. The van der Waals surface area contributed by atoms with Gasteiger partial charge in [-0.05, 0) is 18.3 Å². The van der Waals surface area contributed by atoms with Crippen LogP contribution >= 0.6 is 0 Å². The van der Waals surface area contributed by atoms with Crippen molar-refractivity contribution in [3.63, 3.8) is 0 Å². The van der Waals surface area contributed by atoms with E-state index in [0.717, 1.165) is 0 Å². The third-order valence-electron chi connectivity index (χ3n) is 2.93. The lowest BCUT2D eigenvalue weighted by atomic mass is 9.77. The number of nitrogens with zero attached hydrogens (tertiary/aromatic N) is 1. The fourth-order valence-electron chi connectivity index (χ4n) is 2.15. The highest BCUT2D eigenvalue weighted by Gasteiger charge is 2.39. The Balaban J connectivity index is 0.00000361. The summed E-state index contributed by atoms with van der Waals surface area (Å²) in [4.78, 5) is 32.4. The molecule has 0 spiro atoms. The zero-order valence-electron chi connectivity index (χ0n) is 11.6. The van der Waals surface area contributed by atoms with Gasteiger partial charge in [-0.15, -0.1) is 0 Å². The Morgan fingerprint density at radius 3 is 2.55 bits per heavy atom. The number of rotatable bonds is 6. The molecule has 0 saturated heterocycles. The first-order valence-electron chi connectivity index (χ1n) is 6.09. The maximum absolute atomic E-state index is 11.8. The highest BCUT2D eigenvalue weighted by molar-refractivity contribution is 5.95. The number of aliphatic carboxylic acids is 1. The molecule has 0 radical (unpaired) electrons. The molecule has 4 N–H and O–H groups in total. The number of nitrogens with one attached hydrogen (secondary N) is 1. The van der Waals surface area contributed by atoms with E-state index >= 15 is 0 Å². The number of ketones is 1. The van der Waals surface area contributed by atoms with Gasteiger partial charge < -0.3 is 15.9 Å². The van der Waals surface area contributed by atoms with Crippen molar-refractivity contribution in [1.82, 2.24) is 5.32 Å². The molecule has 1 rings (SSSR count).